The first-order valence-electron chi connectivity index (χ1n) is 4.61. The highest BCUT2D eigenvalue weighted by molar-refractivity contribution is 5.86. The van der Waals surface area contributed by atoms with Gasteiger partial charge >= 0.3 is 0 Å². The lowest BCUT2D eigenvalue weighted by molar-refractivity contribution is 0.473. The van der Waals surface area contributed by atoms with Crippen molar-refractivity contribution in [3.8, 4) is 5.75 Å². The molecule has 0 radical (unpaired) electrons. The number of hydrogen-bond acceptors (Lipinski definition) is 2. The fourth-order valence-electron chi connectivity index (χ4n) is 1.21. The van der Waals surface area contributed by atoms with Crippen molar-refractivity contribution >= 4 is 11.4 Å². The molecule has 0 saturated carbocycles. The van der Waals surface area contributed by atoms with Gasteiger partial charge in [-0.05, 0) is 32.9 Å². The maximum Gasteiger partial charge on any atom is 0.124 e. The Morgan fingerprint density at radius 3 is 2.43 bits per heavy atom. The minimum atomic E-state index is 0.269. The molecule has 1 aromatic carbocycles. The Balaban J connectivity index is 3.15. The molecule has 0 spiro atoms. The molecule has 14 heavy (non-hydrogen) atoms. The standard InChI is InChI=1S/C12H15NO/c1-4-11(13-9(2)3)10-7-5-6-8-12(10)14/h4-8,14H,1-3H3/b11-4-. The molecule has 0 bridgehead atoms. The number of rotatable bonds is 2. The van der Waals surface area contributed by atoms with E-state index in [1.807, 2.05) is 39.0 Å². The quantitative estimate of drug-likeness (QED) is 0.712. The topological polar surface area (TPSA) is 32.6 Å². The molecule has 0 aromatic heterocycles. The van der Waals surface area contributed by atoms with Crippen molar-refractivity contribution in [3.63, 3.8) is 0 Å². The zero-order valence-corrected chi connectivity index (χ0v) is 8.78. The molecule has 0 heterocycles. The fraction of sp³-hybridized carbons (Fsp3) is 0.250. The number of hydrogen-bond donors (Lipinski definition) is 1. The van der Waals surface area contributed by atoms with E-state index in [9.17, 15) is 5.11 Å². The van der Waals surface area contributed by atoms with Gasteiger partial charge in [0, 0.05) is 11.3 Å². The van der Waals surface area contributed by atoms with Crippen LogP contribution in [0.1, 0.15) is 26.3 Å². The lowest BCUT2D eigenvalue weighted by atomic mass is 10.1. The Labute approximate surface area is 84.6 Å². The van der Waals surface area contributed by atoms with Gasteiger partial charge in [-0.25, -0.2) is 0 Å². The second kappa shape index (κ2) is 4.61. The molecule has 0 aliphatic rings. The van der Waals surface area contributed by atoms with Gasteiger partial charge in [0.1, 0.15) is 5.75 Å². The Bertz CT molecular complexity index is 374. The summed E-state index contributed by atoms with van der Waals surface area (Å²) in [5.74, 6) is 0.269. The Hall–Kier alpha value is -1.57. The Morgan fingerprint density at radius 1 is 1.29 bits per heavy atom. The van der Waals surface area contributed by atoms with Gasteiger partial charge < -0.3 is 5.11 Å². The summed E-state index contributed by atoms with van der Waals surface area (Å²) in [7, 11) is 0. The summed E-state index contributed by atoms with van der Waals surface area (Å²) >= 11 is 0. The van der Waals surface area contributed by atoms with Crippen molar-refractivity contribution in [2.75, 3.05) is 0 Å². The highest BCUT2D eigenvalue weighted by Gasteiger charge is 2.03. The highest BCUT2D eigenvalue weighted by atomic mass is 16.3. The van der Waals surface area contributed by atoms with Crippen LogP contribution in [0, 0.1) is 0 Å². The molecule has 0 atom stereocenters. The first kappa shape index (κ1) is 10.5. The largest absolute Gasteiger partial charge is 0.507 e. The fourth-order valence-corrected chi connectivity index (χ4v) is 1.21. The smallest absolute Gasteiger partial charge is 0.124 e. The van der Waals surface area contributed by atoms with E-state index in [4.69, 9.17) is 0 Å². The molecule has 74 valence electrons. The lowest BCUT2D eigenvalue weighted by Gasteiger charge is -2.04. The average molecular weight is 189 g/mol. The molecule has 1 N–H and O–H groups in total. The summed E-state index contributed by atoms with van der Waals surface area (Å²) in [5.41, 5.74) is 2.56. The molecular formula is C12H15NO. The van der Waals surface area contributed by atoms with Gasteiger partial charge in [0.25, 0.3) is 0 Å². The van der Waals surface area contributed by atoms with Crippen molar-refractivity contribution in [2.24, 2.45) is 4.99 Å². The van der Waals surface area contributed by atoms with Crippen LogP contribution in [0.5, 0.6) is 5.75 Å². The van der Waals surface area contributed by atoms with Crippen LogP contribution in [0.15, 0.2) is 35.3 Å². The molecule has 1 aromatic rings. The third kappa shape index (κ3) is 2.46. The molecule has 0 unspecified atom stereocenters. The minimum absolute atomic E-state index is 0.269. The van der Waals surface area contributed by atoms with Gasteiger partial charge in [-0.2, -0.15) is 0 Å². The minimum Gasteiger partial charge on any atom is -0.507 e. The predicted octanol–water partition coefficient (Wildman–Crippen LogP) is 3.23. The van der Waals surface area contributed by atoms with Gasteiger partial charge in [-0.15, -0.1) is 0 Å². The van der Waals surface area contributed by atoms with E-state index in [1.165, 1.54) is 0 Å². The Morgan fingerprint density at radius 2 is 1.93 bits per heavy atom. The third-order valence-corrected chi connectivity index (χ3v) is 1.80. The number of aromatic hydroxyl groups is 1. The van der Waals surface area contributed by atoms with Gasteiger partial charge in [0.2, 0.25) is 0 Å². The summed E-state index contributed by atoms with van der Waals surface area (Å²) in [6, 6.07) is 7.21. The summed E-state index contributed by atoms with van der Waals surface area (Å²) < 4.78 is 0. The molecule has 0 saturated heterocycles. The van der Waals surface area contributed by atoms with Gasteiger partial charge in [0.05, 0.1) is 5.70 Å². The number of aliphatic imine (C=N–C) groups is 1. The van der Waals surface area contributed by atoms with Crippen LogP contribution in [0.4, 0.5) is 0 Å². The van der Waals surface area contributed by atoms with Crippen molar-refractivity contribution in [1.29, 1.82) is 0 Å². The SMILES string of the molecule is C/C=C(\N=C(C)C)c1ccccc1O. The lowest BCUT2D eigenvalue weighted by Crippen LogP contribution is -1.86. The van der Waals surface area contributed by atoms with Gasteiger partial charge in [0.15, 0.2) is 0 Å². The number of phenolic OH excluding ortho intramolecular Hbond substituents is 1. The average Bonchev–Trinajstić information content (AvgIpc) is 2.15. The zero-order valence-electron chi connectivity index (χ0n) is 8.78. The molecule has 0 fully saturated rings. The van der Waals surface area contributed by atoms with E-state index in [2.05, 4.69) is 4.99 Å². The zero-order chi connectivity index (χ0) is 10.6. The molecule has 2 nitrogen and oxygen atoms in total. The van der Waals surface area contributed by atoms with E-state index >= 15 is 0 Å². The van der Waals surface area contributed by atoms with Crippen LogP contribution >= 0.6 is 0 Å². The van der Waals surface area contributed by atoms with Gasteiger partial charge in [-0.1, -0.05) is 18.2 Å². The summed E-state index contributed by atoms with van der Waals surface area (Å²) in [6.45, 7) is 5.78. The second-order valence-corrected chi connectivity index (χ2v) is 3.25. The van der Waals surface area contributed by atoms with Crippen molar-refractivity contribution in [3.05, 3.63) is 35.9 Å². The van der Waals surface area contributed by atoms with E-state index in [0.717, 1.165) is 17.0 Å². The first-order chi connectivity index (χ1) is 6.65. The van der Waals surface area contributed by atoms with Crippen LogP contribution in [0.25, 0.3) is 5.70 Å². The summed E-state index contributed by atoms with van der Waals surface area (Å²) in [4.78, 5) is 4.34. The maximum absolute atomic E-state index is 9.61. The van der Waals surface area contributed by atoms with E-state index in [1.54, 1.807) is 12.1 Å². The molecule has 1 rings (SSSR count). The molecule has 0 aliphatic carbocycles. The van der Waals surface area contributed by atoms with Crippen LogP contribution < -0.4 is 0 Å². The second-order valence-electron chi connectivity index (χ2n) is 3.25. The van der Waals surface area contributed by atoms with Crippen molar-refractivity contribution < 1.29 is 5.11 Å². The maximum atomic E-state index is 9.61. The number of phenols is 1. The van der Waals surface area contributed by atoms with Crippen LogP contribution in [-0.2, 0) is 0 Å². The summed E-state index contributed by atoms with van der Waals surface area (Å²) in [6.07, 6.45) is 1.89. The number of nitrogens with zero attached hydrogens (tertiary/aromatic N) is 1. The molecule has 0 aliphatic heterocycles. The molecule has 2 heteroatoms. The number of allylic oxidation sites excluding steroid dienone is 1. The van der Waals surface area contributed by atoms with Crippen LogP contribution in [0.2, 0.25) is 0 Å². The highest BCUT2D eigenvalue weighted by Crippen LogP contribution is 2.25. The van der Waals surface area contributed by atoms with Crippen LogP contribution in [0.3, 0.4) is 0 Å². The van der Waals surface area contributed by atoms with E-state index in [0.29, 0.717) is 0 Å². The first-order valence-corrected chi connectivity index (χ1v) is 4.61. The normalized spacial score (nSPS) is 11.2. The van der Waals surface area contributed by atoms with E-state index in [-0.39, 0.29) is 5.75 Å². The summed E-state index contributed by atoms with van der Waals surface area (Å²) in [5, 5.41) is 9.61. The van der Waals surface area contributed by atoms with Crippen LogP contribution in [-0.4, -0.2) is 10.8 Å². The number of benzene rings is 1. The van der Waals surface area contributed by atoms with Crippen molar-refractivity contribution in [2.45, 2.75) is 20.8 Å². The van der Waals surface area contributed by atoms with E-state index < -0.39 is 0 Å². The van der Waals surface area contributed by atoms with Gasteiger partial charge in [-0.3, -0.25) is 4.99 Å². The van der Waals surface area contributed by atoms with Crippen molar-refractivity contribution in [1.82, 2.24) is 0 Å². The predicted molar refractivity (Wildman–Crippen MR) is 60.5 cm³/mol. The Kier molecular flexibility index (Phi) is 3.46. The molecular weight excluding hydrogens is 174 g/mol. The third-order valence-electron chi connectivity index (χ3n) is 1.80. The number of para-hydroxylation sites is 1. The molecule has 0 amide bonds. The monoisotopic (exact) mass is 189 g/mol.